The van der Waals surface area contributed by atoms with E-state index >= 15 is 0 Å². The molecular weight excluding hydrogens is 136 g/mol. The van der Waals surface area contributed by atoms with Crippen LogP contribution in [0.15, 0.2) is 0 Å². The summed E-state index contributed by atoms with van der Waals surface area (Å²) in [5.74, 6) is 0.754. The summed E-state index contributed by atoms with van der Waals surface area (Å²) in [6, 6.07) is 0.633. The highest BCUT2D eigenvalue weighted by molar-refractivity contribution is 4.63. The van der Waals surface area contributed by atoms with E-state index in [0.29, 0.717) is 6.04 Å². The molecule has 0 amide bonds. The standard InChI is InChI=1S/C9H22N2/c1-8(2)6-10-7-9(3)11(4)5/h8-10H,6-7H2,1-5H3. The van der Waals surface area contributed by atoms with Crippen LogP contribution in [0.3, 0.4) is 0 Å². The lowest BCUT2D eigenvalue weighted by atomic mass is 10.2. The first-order chi connectivity index (χ1) is 5.04. The highest BCUT2D eigenvalue weighted by Crippen LogP contribution is 1.90. The smallest absolute Gasteiger partial charge is 0.0186 e. The maximum absolute atomic E-state index is 3.42. The van der Waals surface area contributed by atoms with Crippen LogP contribution in [-0.2, 0) is 0 Å². The molecule has 1 N–H and O–H groups in total. The van der Waals surface area contributed by atoms with Crippen molar-refractivity contribution >= 4 is 0 Å². The zero-order chi connectivity index (χ0) is 8.85. The number of nitrogens with one attached hydrogen (secondary N) is 1. The largest absolute Gasteiger partial charge is 0.315 e. The van der Waals surface area contributed by atoms with Gasteiger partial charge in [0.05, 0.1) is 0 Å². The number of likely N-dealkylation sites (N-methyl/N-ethyl adjacent to an activating group) is 1. The summed E-state index contributed by atoms with van der Waals surface area (Å²) < 4.78 is 0. The molecule has 0 bridgehead atoms. The molecule has 1 atom stereocenters. The van der Waals surface area contributed by atoms with Crippen LogP contribution in [0.2, 0.25) is 0 Å². The van der Waals surface area contributed by atoms with Gasteiger partial charge in [0.25, 0.3) is 0 Å². The van der Waals surface area contributed by atoms with E-state index < -0.39 is 0 Å². The van der Waals surface area contributed by atoms with Crippen LogP contribution in [0, 0.1) is 5.92 Å². The highest BCUT2D eigenvalue weighted by atomic mass is 15.1. The van der Waals surface area contributed by atoms with Gasteiger partial charge in [0.1, 0.15) is 0 Å². The van der Waals surface area contributed by atoms with Crippen LogP contribution < -0.4 is 5.32 Å². The molecule has 0 aromatic carbocycles. The average molecular weight is 158 g/mol. The molecule has 1 unspecified atom stereocenters. The topological polar surface area (TPSA) is 15.3 Å². The van der Waals surface area contributed by atoms with Crippen molar-refractivity contribution in [1.82, 2.24) is 10.2 Å². The fourth-order valence-electron chi connectivity index (χ4n) is 0.763. The molecule has 0 radical (unpaired) electrons. The van der Waals surface area contributed by atoms with Crippen LogP contribution in [0.5, 0.6) is 0 Å². The van der Waals surface area contributed by atoms with E-state index in [1.165, 1.54) is 0 Å². The Morgan fingerprint density at radius 3 is 2.00 bits per heavy atom. The predicted octanol–water partition coefficient (Wildman–Crippen LogP) is 1.18. The van der Waals surface area contributed by atoms with Crippen molar-refractivity contribution in [2.24, 2.45) is 5.92 Å². The van der Waals surface area contributed by atoms with Crippen molar-refractivity contribution in [2.45, 2.75) is 26.8 Å². The Hall–Kier alpha value is -0.0800. The van der Waals surface area contributed by atoms with Crippen LogP contribution >= 0.6 is 0 Å². The molecule has 0 saturated carbocycles. The summed E-state index contributed by atoms with van der Waals surface area (Å²) in [7, 11) is 4.23. The molecule has 0 aliphatic heterocycles. The predicted molar refractivity (Wildman–Crippen MR) is 50.9 cm³/mol. The Morgan fingerprint density at radius 1 is 1.09 bits per heavy atom. The Morgan fingerprint density at radius 2 is 1.64 bits per heavy atom. The molecule has 0 aromatic rings. The number of hydrogen-bond donors (Lipinski definition) is 1. The van der Waals surface area contributed by atoms with Gasteiger partial charge in [-0.05, 0) is 33.5 Å². The number of hydrogen-bond acceptors (Lipinski definition) is 2. The van der Waals surface area contributed by atoms with Gasteiger partial charge in [-0.3, -0.25) is 0 Å². The zero-order valence-electron chi connectivity index (χ0n) is 8.52. The second-order valence-corrected chi connectivity index (χ2v) is 3.86. The first-order valence-electron chi connectivity index (χ1n) is 4.41. The molecule has 0 aromatic heterocycles. The van der Waals surface area contributed by atoms with Gasteiger partial charge in [-0.15, -0.1) is 0 Å². The summed E-state index contributed by atoms with van der Waals surface area (Å²) >= 11 is 0. The van der Waals surface area contributed by atoms with Gasteiger partial charge >= 0.3 is 0 Å². The van der Waals surface area contributed by atoms with Crippen LogP contribution in [0.1, 0.15) is 20.8 Å². The Bertz CT molecular complexity index is 89.6. The third kappa shape index (κ3) is 6.32. The molecule has 0 rings (SSSR count). The quantitative estimate of drug-likeness (QED) is 0.646. The molecule has 2 nitrogen and oxygen atoms in total. The molecule has 0 spiro atoms. The van der Waals surface area contributed by atoms with Crippen molar-refractivity contribution in [3.05, 3.63) is 0 Å². The summed E-state index contributed by atoms with van der Waals surface area (Å²) in [6.45, 7) is 8.90. The van der Waals surface area contributed by atoms with Crippen molar-refractivity contribution in [2.75, 3.05) is 27.2 Å². The molecule has 0 heterocycles. The first-order valence-corrected chi connectivity index (χ1v) is 4.41. The molecule has 0 aliphatic carbocycles. The monoisotopic (exact) mass is 158 g/mol. The van der Waals surface area contributed by atoms with E-state index in [0.717, 1.165) is 19.0 Å². The van der Waals surface area contributed by atoms with E-state index in [9.17, 15) is 0 Å². The maximum atomic E-state index is 3.42. The lowest BCUT2D eigenvalue weighted by Crippen LogP contribution is -2.36. The minimum absolute atomic E-state index is 0.633. The van der Waals surface area contributed by atoms with Gasteiger partial charge < -0.3 is 10.2 Å². The van der Waals surface area contributed by atoms with Crippen molar-refractivity contribution in [3.63, 3.8) is 0 Å². The highest BCUT2D eigenvalue weighted by Gasteiger charge is 2.02. The van der Waals surface area contributed by atoms with Crippen LogP contribution in [0.4, 0.5) is 0 Å². The number of nitrogens with zero attached hydrogens (tertiary/aromatic N) is 1. The summed E-state index contributed by atoms with van der Waals surface area (Å²) in [6.07, 6.45) is 0. The van der Waals surface area contributed by atoms with Gasteiger partial charge in [0.2, 0.25) is 0 Å². The normalized spacial score (nSPS) is 14.5. The Balaban J connectivity index is 3.24. The SMILES string of the molecule is CC(C)CNCC(C)N(C)C. The Kier molecular flexibility index (Phi) is 5.51. The molecule has 0 saturated heterocycles. The fraction of sp³-hybridized carbons (Fsp3) is 1.00. The molecule has 11 heavy (non-hydrogen) atoms. The number of rotatable bonds is 5. The van der Waals surface area contributed by atoms with E-state index in [1.807, 2.05) is 0 Å². The zero-order valence-corrected chi connectivity index (χ0v) is 8.52. The van der Waals surface area contributed by atoms with E-state index in [1.54, 1.807) is 0 Å². The molecular formula is C9H22N2. The first kappa shape index (κ1) is 10.9. The summed E-state index contributed by atoms with van der Waals surface area (Å²) in [5, 5.41) is 3.42. The van der Waals surface area contributed by atoms with Crippen molar-refractivity contribution < 1.29 is 0 Å². The average Bonchev–Trinajstić information content (AvgIpc) is 1.86. The van der Waals surface area contributed by atoms with E-state index in [2.05, 4.69) is 45.1 Å². The Labute approximate surface area is 71.0 Å². The second kappa shape index (κ2) is 5.56. The van der Waals surface area contributed by atoms with Gasteiger partial charge in [-0.1, -0.05) is 13.8 Å². The fourth-order valence-corrected chi connectivity index (χ4v) is 0.763. The third-order valence-corrected chi connectivity index (χ3v) is 1.87. The molecule has 68 valence electrons. The van der Waals surface area contributed by atoms with Gasteiger partial charge in [0, 0.05) is 12.6 Å². The van der Waals surface area contributed by atoms with Crippen LogP contribution in [-0.4, -0.2) is 38.1 Å². The van der Waals surface area contributed by atoms with Gasteiger partial charge in [-0.25, -0.2) is 0 Å². The second-order valence-electron chi connectivity index (χ2n) is 3.86. The lowest BCUT2D eigenvalue weighted by molar-refractivity contribution is 0.299. The lowest BCUT2D eigenvalue weighted by Gasteiger charge is -2.20. The maximum Gasteiger partial charge on any atom is 0.0186 e. The van der Waals surface area contributed by atoms with E-state index in [4.69, 9.17) is 0 Å². The van der Waals surface area contributed by atoms with Gasteiger partial charge in [-0.2, -0.15) is 0 Å². The minimum Gasteiger partial charge on any atom is -0.315 e. The van der Waals surface area contributed by atoms with Crippen LogP contribution in [0.25, 0.3) is 0 Å². The third-order valence-electron chi connectivity index (χ3n) is 1.87. The minimum atomic E-state index is 0.633. The molecule has 0 fully saturated rings. The van der Waals surface area contributed by atoms with Crippen molar-refractivity contribution in [1.29, 1.82) is 0 Å². The molecule has 2 heteroatoms. The van der Waals surface area contributed by atoms with Gasteiger partial charge in [0.15, 0.2) is 0 Å². The van der Waals surface area contributed by atoms with E-state index in [-0.39, 0.29) is 0 Å². The van der Waals surface area contributed by atoms with Crippen molar-refractivity contribution in [3.8, 4) is 0 Å². The summed E-state index contributed by atoms with van der Waals surface area (Å²) in [4.78, 5) is 2.23. The summed E-state index contributed by atoms with van der Waals surface area (Å²) in [5.41, 5.74) is 0. The molecule has 0 aliphatic rings.